The smallest absolute Gasteiger partial charge is 0.319 e. The number of methoxy groups -OCH3 is 1. The van der Waals surface area contributed by atoms with Gasteiger partial charge in [-0.05, 0) is 50.1 Å². The number of pyridine rings is 1. The van der Waals surface area contributed by atoms with Gasteiger partial charge in [0.1, 0.15) is 5.75 Å². The van der Waals surface area contributed by atoms with E-state index in [9.17, 15) is 9.59 Å². The Morgan fingerprint density at radius 1 is 1.09 bits per heavy atom. The lowest BCUT2D eigenvalue weighted by Gasteiger charge is -2.37. The van der Waals surface area contributed by atoms with E-state index in [-0.39, 0.29) is 18.4 Å². The number of carbonyl (C=O) groups is 2. The molecule has 0 spiro atoms. The minimum absolute atomic E-state index is 0.177. The second-order valence-corrected chi connectivity index (χ2v) is 9.29. The van der Waals surface area contributed by atoms with Gasteiger partial charge in [0.15, 0.2) is 0 Å². The van der Waals surface area contributed by atoms with E-state index in [4.69, 9.17) is 26.1 Å². The van der Waals surface area contributed by atoms with E-state index in [0.29, 0.717) is 23.1 Å². The van der Waals surface area contributed by atoms with Crippen molar-refractivity contribution < 1.29 is 19.1 Å². The third kappa shape index (κ3) is 6.03. The van der Waals surface area contributed by atoms with Gasteiger partial charge in [-0.1, -0.05) is 43.0 Å². The molecule has 0 saturated heterocycles. The fourth-order valence-electron chi connectivity index (χ4n) is 4.70. The largest absolute Gasteiger partial charge is 0.496 e. The highest BCUT2D eigenvalue weighted by Gasteiger charge is 2.36. The summed E-state index contributed by atoms with van der Waals surface area (Å²) < 4.78 is 10.8. The van der Waals surface area contributed by atoms with Crippen LogP contribution in [-0.2, 0) is 9.53 Å². The van der Waals surface area contributed by atoms with E-state index in [1.807, 2.05) is 42.5 Å². The van der Waals surface area contributed by atoms with Crippen LogP contribution in [0.4, 0.5) is 10.5 Å². The molecule has 184 valence electrons. The minimum atomic E-state index is -0.587. The van der Waals surface area contributed by atoms with Gasteiger partial charge < -0.3 is 20.1 Å². The number of rotatable bonds is 7. The lowest BCUT2D eigenvalue weighted by atomic mass is 9.79. The number of esters is 1. The molecule has 7 nitrogen and oxygen atoms in total. The molecule has 35 heavy (non-hydrogen) atoms. The number of hydrogen-bond acceptors (Lipinski definition) is 5. The topological polar surface area (TPSA) is 89.5 Å². The van der Waals surface area contributed by atoms with E-state index in [0.717, 1.165) is 54.3 Å². The van der Waals surface area contributed by atoms with E-state index < -0.39 is 5.54 Å². The zero-order valence-electron chi connectivity index (χ0n) is 20.0. The summed E-state index contributed by atoms with van der Waals surface area (Å²) in [7, 11) is 1.60. The molecule has 1 fully saturated rings. The van der Waals surface area contributed by atoms with Crippen molar-refractivity contribution in [2.75, 3.05) is 19.0 Å². The molecule has 8 heteroatoms. The quantitative estimate of drug-likeness (QED) is 0.373. The Hall–Kier alpha value is -3.32. The van der Waals surface area contributed by atoms with Crippen LogP contribution in [0.25, 0.3) is 22.2 Å². The van der Waals surface area contributed by atoms with Crippen molar-refractivity contribution >= 4 is 40.2 Å². The van der Waals surface area contributed by atoms with Gasteiger partial charge in [-0.25, -0.2) is 9.78 Å². The minimum Gasteiger partial charge on any atom is -0.496 e. The summed E-state index contributed by atoms with van der Waals surface area (Å²) in [6.45, 7) is 2.11. The van der Waals surface area contributed by atoms with Crippen molar-refractivity contribution in [3.63, 3.8) is 0 Å². The Kier molecular flexibility index (Phi) is 7.76. The Labute approximate surface area is 210 Å². The number of aromatic nitrogens is 1. The molecule has 4 rings (SSSR count). The third-order valence-electron chi connectivity index (χ3n) is 6.35. The van der Waals surface area contributed by atoms with Gasteiger partial charge in [-0.15, -0.1) is 0 Å². The van der Waals surface area contributed by atoms with Crippen molar-refractivity contribution in [2.24, 2.45) is 0 Å². The first-order valence-corrected chi connectivity index (χ1v) is 12.3. The molecule has 1 aliphatic carbocycles. The summed E-state index contributed by atoms with van der Waals surface area (Å²) in [4.78, 5) is 29.9. The van der Waals surface area contributed by atoms with Crippen LogP contribution in [0.15, 0.2) is 48.5 Å². The van der Waals surface area contributed by atoms with Crippen molar-refractivity contribution in [3.8, 4) is 17.0 Å². The molecule has 3 aromatic rings. The molecule has 0 radical (unpaired) electrons. The molecule has 0 aliphatic heterocycles. The van der Waals surface area contributed by atoms with Gasteiger partial charge in [0, 0.05) is 27.7 Å². The summed E-state index contributed by atoms with van der Waals surface area (Å²) in [5, 5.41) is 7.39. The SMILES string of the molecule is CCOC(=O)CC1(NC(=O)Nc2ccc3nc(-c4cccc(Cl)c4)cc(OC)c3c2)CCCCC1. The standard InChI is InChI=1S/C27H30ClN3O4/c1-3-35-25(32)17-27(12-5-4-6-13-27)31-26(33)29-20-10-11-22-21(15-20)24(34-2)16-23(30-22)18-8-7-9-19(28)14-18/h7-11,14-16H,3-6,12-13,17H2,1-2H3,(H2,29,31,33). The zero-order valence-corrected chi connectivity index (χ0v) is 20.8. The molecule has 1 aliphatic rings. The van der Waals surface area contributed by atoms with Crippen LogP contribution < -0.4 is 15.4 Å². The third-order valence-corrected chi connectivity index (χ3v) is 6.58. The molecular formula is C27H30ClN3O4. The summed E-state index contributed by atoms with van der Waals surface area (Å²) in [5.41, 5.74) is 2.38. The number of amides is 2. The fourth-order valence-corrected chi connectivity index (χ4v) is 4.89. The number of anilines is 1. The fraction of sp³-hybridized carbons (Fsp3) is 0.370. The maximum absolute atomic E-state index is 13.0. The molecule has 1 saturated carbocycles. The number of carbonyl (C=O) groups excluding carboxylic acids is 2. The Balaban J connectivity index is 1.55. The number of nitrogens with zero attached hydrogens (tertiary/aromatic N) is 1. The Morgan fingerprint density at radius 3 is 2.60 bits per heavy atom. The molecule has 2 aromatic carbocycles. The molecule has 0 atom stereocenters. The number of halogens is 1. The number of nitrogens with one attached hydrogen (secondary N) is 2. The van der Waals surface area contributed by atoms with Gasteiger partial charge >= 0.3 is 12.0 Å². The normalized spacial score (nSPS) is 14.8. The van der Waals surface area contributed by atoms with Gasteiger partial charge in [-0.2, -0.15) is 0 Å². The average molecular weight is 496 g/mol. The van der Waals surface area contributed by atoms with E-state index in [1.54, 1.807) is 20.1 Å². The van der Waals surface area contributed by atoms with Crippen LogP contribution in [0.5, 0.6) is 5.75 Å². The summed E-state index contributed by atoms with van der Waals surface area (Å²) in [6, 6.07) is 14.5. The number of fused-ring (bicyclic) bond motifs is 1. The van der Waals surface area contributed by atoms with Crippen LogP contribution in [0, 0.1) is 0 Å². The number of urea groups is 1. The van der Waals surface area contributed by atoms with Gasteiger partial charge in [0.25, 0.3) is 0 Å². The van der Waals surface area contributed by atoms with Crippen LogP contribution in [-0.4, -0.2) is 36.2 Å². The predicted molar refractivity (Wildman–Crippen MR) is 138 cm³/mol. The predicted octanol–water partition coefficient (Wildman–Crippen LogP) is 6.34. The van der Waals surface area contributed by atoms with E-state index >= 15 is 0 Å². The molecule has 0 unspecified atom stereocenters. The molecule has 2 amide bonds. The lowest BCUT2D eigenvalue weighted by molar-refractivity contribution is -0.145. The van der Waals surface area contributed by atoms with Gasteiger partial charge in [0.2, 0.25) is 0 Å². The van der Waals surface area contributed by atoms with Crippen LogP contribution in [0.3, 0.4) is 0 Å². The first kappa shape index (κ1) is 24.8. The number of benzene rings is 2. The van der Waals surface area contributed by atoms with Crippen molar-refractivity contribution in [1.29, 1.82) is 0 Å². The maximum atomic E-state index is 13.0. The highest BCUT2D eigenvalue weighted by molar-refractivity contribution is 6.30. The van der Waals surface area contributed by atoms with Crippen LogP contribution in [0.2, 0.25) is 5.02 Å². The van der Waals surface area contributed by atoms with Crippen molar-refractivity contribution in [2.45, 2.75) is 51.0 Å². The van der Waals surface area contributed by atoms with E-state index in [1.165, 1.54) is 0 Å². The molecule has 0 bridgehead atoms. The maximum Gasteiger partial charge on any atom is 0.319 e. The summed E-state index contributed by atoms with van der Waals surface area (Å²) in [6.07, 6.45) is 4.71. The van der Waals surface area contributed by atoms with Crippen molar-refractivity contribution in [3.05, 3.63) is 53.6 Å². The average Bonchev–Trinajstić information content (AvgIpc) is 2.83. The zero-order chi connectivity index (χ0) is 24.8. The summed E-state index contributed by atoms with van der Waals surface area (Å²) >= 11 is 6.15. The first-order valence-electron chi connectivity index (χ1n) is 11.9. The van der Waals surface area contributed by atoms with Crippen LogP contribution >= 0.6 is 11.6 Å². The monoisotopic (exact) mass is 495 g/mol. The first-order chi connectivity index (χ1) is 16.9. The second kappa shape index (κ2) is 11.0. The number of hydrogen-bond donors (Lipinski definition) is 2. The van der Waals surface area contributed by atoms with E-state index in [2.05, 4.69) is 10.6 Å². The van der Waals surface area contributed by atoms with Gasteiger partial charge in [0.05, 0.1) is 36.9 Å². The molecule has 1 aromatic heterocycles. The summed E-state index contributed by atoms with van der Waals surface area (Å²) in [5.74, 6) is 0.354. The number of ether oxygens (including phenoxy) is 2. The molecule has 2 N–H and O–H groups in total. The van der Waals surface area contributed by atoms with Crippen LogP contribution in [0.1, 0.15) is 45.4 Å². The highest BCUT2D eigenvalue weighted by atomic mass is 35.5. The van der Waals surface area contributed by atoms with Gasteiger partial charge in [-0.3, -0.25) is 4.79 Å². The molecule has 1 heterocycles. The lowest BCUT2D eigenvalue weighted by Crippen LogP contribution is -2.52. The van der Waals surface area contributed by atoms with Crippen molar-refractivity contribution in [1.82, 2.24) is 10.3 Å². The Bertz CT molecular complexity index is 1220. The Morgan fingerprint density at radius 2 is 1.89 bits per heavy atom. The highest BCUT2D eigenvalue weighted by Crippen LogP contribution is 2.34. The molecular weight excluding hydrogens is 466 g/mol. The second-order valence-electron chi connectivity index (χ2n) is 8.85.